The summed E-state index contributed by atoms with van der Waals surface area (Å²) in [5, 5.41) is -0.340. The molecule has 0 bridgehead atoms. The van der Waals surface area contributed by atoms with Gasteiger partial charge in [0.2, 0.25) is 0 Å². The number of nitrogens with zero attached hydrogens (tertiary/aromatic N) is 2. The van der Waals surface area contributed by atoms with Gasteiger partial charge in [0.1, 0.15) is 6.33 Å². The molecule has 0 aliphatic heterocycles. The summed E-state index contributed by atoms with van der Waals surface area (Å²) in [6.45, 7) is 0. The molecule has 0 amide bonds. The molecule has 60 valence electrons. The second-order valence-electron chi connectivity index (χ2n) is 1.64. The topological polar surface area (TPSA) is 25.8 Å². The Labute approximate surface area is 83.3 Å². The molecule has 0 atom stereocenters. The Kier molecular flexibility index (Phi) is 4.04. The van der Waals surface area contributed by atoms with Crippen LogP contribution in [0.5, 0.6) is 0 Å². The van der Waals surface area contributed by atoms with Crippen molar-refractivity contribution in [2.24, 2.45) is 0 Å². The number of hydrogen-bond donors (Lipinski definition) is 0. The monoisotopic (exact) mass is 188 g/mol. The first-order chi connectivity index (χ1) is 5.00. The summed E-state index contributed by atoms with van der Waals surface area (Å²) in [6, 6.07) is 1.77. The van der Waals surface area contributed by atoms with Gasteiger partial charge in [-0.05, 0) is 10.8 Å². The van der Waals surface area contributed by atoms with Crippen molar-refractivity contribution in [2.75, 3.05) is 0 Å². The number of hydrogen-bond acceptors (Lipinski definition) is 2. The Balaban J connectivity index is 0.00000121. The van der Waals surface area contributed by atoms with Gasteiger partial charge in [0.15, 0.2) is 0 Å². The van der Waals surface area contributed by atoms with Crippen molar-refractivity contribution < 1.29 is 32.0 Å². The summed E-state index contributed by atoms with van der Waals surface area (Å²) < 4.78 is 35.4. The van der Waals surface area contributed by atoms with Crippen molar-refractivity contribution in [3.63, 3.8) is 0 Å². The van der Waals surface area contributed by atoms with Crippen molar-refractivity contribution >= 4 is 11.6 Å². The average Bonchev–Trinajstić information content (AvgIpc) is 1.86. The van der Waals surface area contributed by atoms with E-state index in [0.29, 0.717) is 0 Å². The molecule has 1 aromatic heterocycles. The van der Waals surface area contributed by atoms with E-state index in [4.69, 9.17) is 11.6 Å². The smallest absolute Gasteiger partial charge is 0.401 e. The van der Waals surface area contributed by atoms with Crippen LogP contribution in [0.25, 0.3) is 0 Å². The molecule has 1 aromatic rings. The van der Waals surface area contributed by atoms with E-state index in [-0.39, 0.29) is 24.0 Å². The van der Waals surface area contributed by atoms with Crippen molar-refractivity contribution in [3.05, 3.63) is 23.2 Å². The number of alkyl halides is 3. The van der Waals surface area contributed by atoms with Crippen LogP contribution in [0.4, 0.5) is 13.2 Å². The molecule has 0 saturated carbocycles. The van der Waals surface area contributed by atoms with Gasteiger partial charge in [0.25, 0.3) is 0 Å². The van der Waals surface area contributed by atoms with E-state index in [9.17, 15) is 13.2 Å². The maximum absolute atomic E-state index is 11.8. The van der Waals surface area contributed by atoms with Crippen molar-refractivity contribution in [1.82, 2.24) is 9.97 Å². The molecule has 0 saturated heterocycles. The molecular formula is C5HClF3LiN2. The molecule has 0 unspecified atom stereocenters. The second kappa shape index (κ2) is 4.12. The third-order valence-corrected chi connectivity index (χ3v) is 1.04. The number of halogens is 4. The standard InChI is InChI=1S/C5HClF3N2.Li/c6-4-1-3(5(7,8)9)10-2-11-4;/h2H;/q-1;+1. The van der Waals surface area contributed by atoms with Crippen LogP contribution in [0.1, 0.15) is 5.69 Å². The summed E-state index contributed by atoms with van der Waals surface area (Å²) in [4.78, 5) is 6.19. The van der Waals surface area contributed by atoms with E-state index in [1.165, 1.54) is 0 Å². The van der Waals surface area contributed by atoms with Crippen molar-refractivity contribution in [1.29, 1.82) is 0 Å². The van der Waals surface area contributed by atoms with Crippen LogP contribution in [0.15, 0.2) is 6.33 Å². The maximum atomic E-state index is 11.8. The van der Waals surface area contributed by atoms with Crippen LogP contribution in [-0.2, 0) is 6.18 Å². The van der Waals surface area contributed by atoms with E-state index in [0.717, 1.165) is 6.33 Å². The Morgan fingerprint density at radius 1 is 1.33 bits per heavy atom. The largest absolute Gasteiger partial charge is 1.00 e. The molecule has 0 spiro atoms. The Morgan fingerprint density at radius 2 is 1.92 bits per heavy atom. The first-order valence-electron chi connectivity index (χ1n) is 2.47. The van der Waals surface area contributed by atoms with Gasteiger partial charge in [0.05, 0.1) is 0 Å². The first kappa shape index (κ1) is 11.8. The number of rotatable bonds is 0. The van der Waals surface area contributed by atoms with E-state index in [1.807, 2.05) is 0 Å². The fraction of sp³-hybridized carbons (Fsp3) is 0.200. The van der Waals surface area contributed by atoms with E-state index >= 15 is 0 Å². The zero-order chi connectivity index (χ0) is 8.48. The van der Waals surface area contributed by atoms with Crippen molar-refractivity contribution in [3.8, 4) is 0 Å². The molecule has 0 aliphatic carbocycles. The minimum Gasteiger partial charge on any atom is -0.401 e. The van der Waals surface area contributed by atoms with E-state index in [1.54, 1.807) is 6.07 Å². The van der Waals surface area contributed by atoms with Gasteiger partial charge in [-0.3, -0.25) is 9.97 Å². The maximum Gasteiger partial charge on any atom is 1.00 e. The molecule has 0 fully saturated rings. The van der Waals surface area contributed by atoms with Crippen LogP contribution in [0.2, 0.25) is 5.15 Å². The molecule has 7 heteroatoms. The van der Waals surface area contributed by atoms with Gasteiger partial charge in [-0.2, -0.15) is 13.2 Å². The summed E-state index contributed by atoms with van der Waals surface area (Å²) in [5.74, 6) is 0. The summed E-state index contributed by atoms with van der Waals surface area (Å²) in [7, 11) is 0. The van der Waals surface area contributed by atoms with Crippen LogP contribution in [0.3, 0.4) is 0 Å². The molecule has 1 heterocycles. The SMILES string of the molecule is FC(F)(F)c1[c-]c(Cl)ncn1.[Li+]. The predicted octanol–water partition coefficient (Wildman–Crippen LogP) is -1.05. The summed E-state index contributed by atoms with van der Waals surface area (Å²) in [5.41, 5.74) is -1.16. The van der Waals surface area contributed by atoms with Crippen LogP contribution >= 0.6 is 11.6 Å². The Hall–Kier alpha value is -0.243. The molecule has 1 rings (SSSR count). The quantitative estimate of drug-likeness (QED) is 0.295. The normalized spacial score (nSPS) is 10.7. The van der Waals surface area contributed by atoms with Gasteiger partial charge in [-0.15, -0.1) is 11.6 Å². The molecule has 0 N–H and O–H groups in total. The van der Waals surface area contributed by atoms with Gasteiger partial charge in [-0.1, -0.05) is 0 Å². The Bertz CT molecular complexity index is 265. The minimum atomic E-state index is -4.51. The third-order valence-electron chi connectivity index (χ3n) is 0.848. The fourth-order valence-electron chi connectivity index (χ4n) is 0.444. The van der Waals surface area contributed by atoms with E-state index in [2.05, 4.69) is 9.97 Å². The second-order valence-corrected chi connectivity index (χ2v) is 1.99. The average molecular weight is 188 g/mol. The molecule has 0 radical (unpaired) electrons. The van der Waals surface area contributed by atoms with Crippen LogP contribution in [-0.4, -0.2) is 9.97 Å². The van der Waals surface area contributed by atoms with Gasteiger partial charge in [0, 0.05) is 0 Å². The third kappa shape index (κ3) is 3.01. The van der Waals surface area contributed by atoms with Crippen molar-refractivity contribution in [2.45, 2.75) is 6.18 Å². The van der Waals surface area contributed by atoms with Gasteiger partial charge < -0.3 is 6.07 Å². The molecule has 12 heavy (non-hydrogen) atoms. The van der Waals surface area contributed by atoms with Gasteiger partial charge >= 0.3 is 25.0 Å². The molecule has 0 aromatic carbocycles. The molecular weight excluding hydrogens is 187 g/mol. The number of aromatic nitrogens is 2. The van der Waals surface area contributed by atoms with Crippen LogP contribution in [0, 0.1) is 6.07 Å². The summed E-state index contributed by atoms with van der Waals surface area (Å²) >= 11 is 5.14. The minimum absolute atomic E-state index is 0. The van der Waals surface area contributed by atoms with Crippen LogP contribution < -0.4 is 18.9 Å². The Morgan fingerprint density at radius 3 is 2.25 bits per heavy atom. The first-order valence-corrected chi connectivity index (χ1v) is 2.85. The zero-order valence-corrected chi connectivity index (χ0v) is 6.74. The van der Waals surface area contributed by atoms with E-state index < -0.39 is 11.9 Å². The predicted molar refractivity (Wildman–Crippen MR) is 30.9 cm³/mol. The fourth-order valence-corrected chi connectivity index (χ4v) is 0.577. The van der Waals surface area contributed by atoms with Gasteiger partial charge in [-0.25, -0.2) is 0 Å². The molecule has 2 nitrogen and oxygen atoms in total. The summed E-state index contributed by atoms with van der Waals surface area (Å²) in [6.07, 6.45) is -3.77. The zero-order valence-electron chi connectivity index (χ0n) is 5.98. The molecule has 0 aliphatic rings.